The van der Waals surface area contributed by atoms with Crippen molar-refractivity contribution in [3.05, 3.63) is 22.3 Å². The molecule has 0 atom stereocenters. The van der Waals surface area contributed by atoms with Gasteiger partial charge in [0.1, 0.15) is 5.69 Å². The summed E-state index contributed by atoms with van der Waals surface area (Å²) in [4.78, 5) is 14.9. The number of nitrogens with zero attached hydrogens (tertiary/aromatic N) is 1. The summed E-state index contributed by atoms with van der Waals surface area (Å²) in [6.45, 7) is 1.89. The van der Waals surface area contributed by atoms with Crippen LogP contribution in [0.1, 0.15) is 24.6 Å². The highest BCUT2D eigenvalue weighted by Crippen LogP contribution is 2.30. The first-order valence-corrected chi connectivity index (χ1v) is 5.54. The highest BCUT2D eigenvalue weighted by Gasteiger charge is 2.19. The largest absolute Gasteiger partial charge is 0.481 e. The quantitative estimate of drug-likeness (QED) is 0.778. The lowest BCUT2D eigenvalue weighted by Gasteiger charge is -2.11. The molecule has 1 aromatic heterocycles. The predicted molar refractivity (Wildman–Crippen MR) is 61.1 cm³/mol. The molecule has 0 radical (unpaired) electrons. The Morgan fingerprint density at radius 3 is 2.72 bits per heavy atom. The van der Waals surface area contributed by atoms with E-state index in [-0.39, 0.29) is 29.5 Å². The van der Waals surface area contributed by atoms with Gasteiger partial charge in [-0.25, -0.2) is 13.8 Å². The van der Waals surface area contributed by atoms with Crippen LogP contribution in [0.15, 0.2) is 6.07 Å². The van der Waals surface area contributed by atoms with Gasteiger partial charge in [-0.3, -0.25) is 4.79 Å². The second kappa shape index (κ2) is 6.49. The fourth-order valence-electron chi connectivity index (χ4n) is 1.33. The van der Waals surface area contributed by atoms with Crippen molar-refractivity contribution < 1.29 is 23.0 Å². The molecular weight excluding hydrogens is 268 g/mol. The molecule has 0 aliphatic carbocycles. The van der Waals surface area contributed by atoms with Crippen LogP contribution in [0, 0.1) is 0 Å². The number of carbonyl (C=O) groups is 1. The summed E-state index contributed by atoms with van der Waals surface area (Å²) in [6.07, 6.45) is -2.93. The second-order valence-electron chi connectivity index (χ2n) is 3.30. The lowest BCUT2D eigenvalue weighted by molar-refractivity contribution is -0.142. The summed E-state index contributed by atoms with van der Waals surface area (Å²) in [5.41, 5.74) is -0.258. The van der Waals surface area contributed by atoms with Gasteiger partial charge < -0.3 is 9.47 Å². The van der Waals surface area contributed by atoms with Crippen LogP contribution < -0.4 is 4.74 Å². The van der Waals surface area contributed by atoms with Crippen molar-refractivity contribution in [3.63, 3.8) is 0 Å². The standard InChI is InChI=1S/C11H12ClF2NO3/c1-3-18-9(16)4-6-7(12)5-8(10(13)14)15-11(6)17-2/h5,10H,3-4H2,1-2H3. The Balaban J connectivity index is 3.07. The first-order valence-electron chi connectivity index (χ1n) is 5.16. The van der Waals surface area contributed by atoms with Crippen LogP contribution in [-0.2, 0) is 16.0 Å². The number of carbonyl (C=O) groups excluding carboxylic acids is 1. The highest BCUT2D eigenvalue weighted by atomic mass is 35.5. The molecule has 1 rings (SSSR count). The molecule has 0 fully saturated rings. The summed E-state index contributed by atoms with van der Waals surface area (Å²) in [5, 5.41) is 0.00482. The predicted octanol–water partition coefficient (Wildman–Crippen LogP) is 2.79. The first-order chi connectivity index (χ1) is 8.49. The van der Waals surface area contributed by atoms with Crippen LogP contribution in [0.4, 0.5) is 8.78 Å². The summed E-state index contributed by atoms with van der Waals surface area (Å²) in [7, 11) is 1.27. The first kappa shape index (κ1) is 14.6. The molecule has 0 amide bonds. The molecule has 100 valence electrons. The molecule has 18 heavy (non-hydrogen) atoms. The SMILES string of the molecule is CCOC(=O)Cc1c(Cl)cc(C(F)F)nc1OC. The molecule has 7 heteroatoms. The number of esters is 1. The van der Waals surface area contributed by atoms with E-state index in [0.29, 0.717) is 0 Å². The molecule has 0 aromatic carbocycles. The Hall–Kier alpha value is -1.43. The number of ether oxygens (including phenoxy) is 2. The van der Waals surface area contributed by atoms with E-state index in [1.165, 1.54) is 7.11 Å². The van der Waals surface area contributed by atoms with E-state index in [2.05, 4.69) is 4.98 Å². The fourth-order valence-corrected chi connectivity index (χ4v) is 1.59. The van der Waals surface area contributed by atoms with Crippen LogP contribution in [0.5, 0.6) is 5.88 Å². The maximum Gasteiger partial charge on any atom is 0.310 e. The molecule has 0 saturated heterocycles. The molecule has 0 bridgehead atoms. The third kappa shape index (κ3) is 3.53. The van der Waals surface area contributed by atoms with Crippen LogP contribution in [-0.4, -0.2) is 24.7 Å². The third-order valence-corrected chi connectivity index (χ3v) is 2.43. The van der Waals surface area contributed by atoms with E-state index >= 15 is 0 Å². The summed E-state index contributed by atoms with van der Waals surface area (Å²) >= 11 is 5.84. The van der Waals surface area contributed by atoms with Crippen molar-refractivity contribution in [2.24, 2.45) is 0 Å². The Morgan fingerprint density at radius 1 is 1.56 bits per heavy atom. The molecule has 4 nitrogen and oxygen atoms in total. The maximum absolute atomic E-state index is 12.5. The third-order valence-electron chi connectivity index (χ3n) is 2.10. The minimum absolute atomic E-state index is 0.00482. The molecule has 0 unspecified atom stereocenters. The molecule has 0 aliphatic rings. The Morgan fingerprint density at radius 2 is 2.22 bits per heavy atom. The van der Waals surface area contributed by atoms with E-state index in [1.807, 2.05) is 0 Å². The summed E-state index contributed by atoms with van der Waals surface area (Å²) in [6, 6.07) is 1.02. The number of methoxy groups -OCH3 is 1. The monoisotopic (exact) mass is 279 g/mol. The molecular formula is C11H12ClF2NO3. The van der Waals surface area contributed by atoms with Gasteiger partial charge in [-0.2, -0.15) is 0 Å². The van der Waals surface area contributed by atoms with E-state index in [1.54, 1.807) is 6.92 Å². The van der Waals surface area contributed by atoms with Gasteiger partial charge in [0.15, 0.2) is 0 Å². The molecule has 0 spiro atoms. The van der Waals surface area contributed by atoms with E-state index in [4.69, 9.17) is 21.1 Å². The lowest BCUT2D eigenvalue weighted by Crippen LogP contribution is -2.10. The average Bonchev–Trinajstić information content (AvgIpc) is 2.31. The van der Waals surface area contributed by atoms with Gasteiger partial charge in [-0.05, 0) is 13.0 Å². The smallest absolute Gasteiger partial charge is 0.310 e. The summed E-state index contributed by atoms with van der Waals surface area (Å²) in [5.74, 6) is -0.616. The van der Waals surface area contributed by atoms with E-state index in [0.717, 1.165) is 6.07 Å². The van der Waals surface area contributed by atoms with Crippen LogP contribution in [0.3, 0.4) is 0 Å². The fraction of sp³-hybridized carbons (Fsp3) is 0.455. The maximum atomic E-state index is 12.5. The molecule has 1 heterocycles. The zero-order valence-electron chi connectivity index (χ0n) is 9.87. The van der Waals surface area contributed by atoms with Crippen molar-refractivity contribution in [1.29, 1.82) is 0 Å². The highest BCUT2D eigenvalue weighted by molar-refractivity contribution is 6.31. The average molecular weight is 280 g/mol. The minimum atomic E-state index is -2.76. The van der Waals surface area contributed by atoms with Crippen molar-refractivity contribution in [1.82, 2.24) is 4.98 Å². The van der Waals surface area contributed by atoms with Gasteiger partial charge in [0.05, 0.1) is 25.2 Å². The zero-order valence-corrected chi connectivity index (χ0v) is 10.6. The number of halogens is 3. The number of pyridine rings is 1. The molecule has 1 aromatic rings. The van der Waals surface area contributed by atoms with Crippen LogP contribution >= 0.6 is 11.6 Å². The van der Waals surface area contributed by atoms with Crippen molar-refractivity contribution >= 4 is 17.6 Å². The van der Waals surface area contributed by atoms with Crippen molar-refractivity contribution in [3.8, 4) is 5.88 Å². The second-order valence-corrected chi connectivity index (χ2v) is 3.71. The Labute approximate surface area is 108 Å². The van der Waals surface area contributed by atoms with Crippen LogP contribution in [0.25, 0.3) is 0 Å². The van der Waals surface area contributed by atoms with E-state index < -0.39 is 18.1 Å². The lowest BCUT2D eigenvalue weighted by atomic mass is 10.2. The zero-order chi connectivity index (χ0) is 13.7. The molecule has 0 saturated carbocycles. The van der Waals surface area contributed by atoms with Gasteiger partial charge in [0.25, 0.3) is 6.43 Å². The minimum Gasteiger partial charge on any atom is -0.481 e. The van der Waals surface area contributed by atoms with E-state index in [9.17, 15) is 13.6 Å². The van der Waals surface area contributed by atoms with Gasteiger partial charge >= 0.3 is 5.97 Å². The van der Waals surface area contributed by atoms with Gasteiger partial charge in [-0.15, -0.1) is 0 Å². The van der Waals surface area contributed by atoms with Crippen molar-refractivity contribution in [2.75, 3.05) is 13.7 Å². The van der Waals surface area contributed by atoms with Gasteiger partial charge in [0.2, 0.25) is 5.88 Å². The number of aromatic nitrogens is 1. The number of rotatable bonds is 5. The molecule has 0 N–H and O–H groups in total. The normalized spacial score (nSPS) is 10.6. The van der Waals surface area contributed by atoms with Gasteiger partial charge in [0, 0.05) is 5.56 Å². The summed E-state index contributed by atoms with van der Waals surface area (Å²) < 4.78 is 34.6. The number of hydrogen-bond donors (Lipinski definition) is 0. The van der Waals surface area contributed by atoms with Gasteiger partial charge in [-0.1, -0.05) is 11.6 Å². The number of alkyl halides is 2. The Kier molecular flexibility index (Phi) is 5.27. The Bertz CT molecular complexity index is 441. The van der Waals surface area contributed by atoms with Crippen molar-refractivity contribution in [2.45, 2.75) is 19.8 Å². The topological polar surface area (TPSA) is 48.4 Å². The number of hydrogen-bond acceptors (Lipinski definition) is 4. The van der Waals surface area contributed by atoms with Crippen LogP contribution in [0.2, 0.25) is 5.02 Å². The molecule has 0 aliphatic heterocycles.